The van der Waals surface area contributed by atoms with E-state index in [0.717, 1.165) is 0 Å². The summed E-state index contributed by atoms with van der Waals surface area (Å²) in [6.45, 7) is 5.82. The predicted octanol–water partition coefficient (Wildman–Crippen LogP) is 4.31. The fourth-order valence-corrected chi connectivity index (χ4v) is 2.15. The summed E-state index contributed by atoms with van der Waals surface area (Å²) in [6, 6.07) is 5.07. The van der Waals surface area contributed by atoms with Gasteiger partial charge in [-0.2, -0.15) is 5.10 Å². The molecule has 1 aromatic heterocycles. The molecule has 0 bridgehead atoms. The Morgan fingerprint density at radius 3 is 2.50 bits per heavy atom. The van der Waals surface area contributed by atoms with Gasteiger partial charge in [0.1, 0.15) is 11.3 Å². The zero-order valence-electron chi connectivity index (χ0n) is 11.3. The highest BCUT2D eigenvalue weighted by Crippen LogP contribution is 2.35. The van der Waals surface area contributed by atoms with Gasteiger partial charge in [0.2, 0.25) is 0 Å². The van der Waals surface area contributed by atoms with Crippen LogP contribution in [0.15, 0.2) is 24.4 Å². The summed E-state index contributed by atoms with van der Waals surface area (Å²) >= 11 is 12.1. The number of carboxylic acid groups (broad SMARTS) is 1. The molecular weight excluding hydrogens is 299 g/mol. The first-order valence-corrected chi connectivity index (χ1v) is 6.75. The minimum Gasteiger partial charge on any atom is -0.478 e. The number of hydrogen-bond acceptors (Lipinski definition) is 2. The molecule has 0 spiro atoms. The number of carboxylic acids is 1. The number of nitrogens with zero attached hydrogens (tertiary/aromatic N) is 2. The number of aromatic nitrogens is 2. The van der Waals surface area contributed by atoms with Crippen molar-refractivity contribution in [2.75, 3.05) is 0 Å². The van der Waals surface area contributed by atoms with E-state index in [2.05, 4.69) is 5.10 Å². The van der Waals surface area contributed by atoms with Crippen LogP contribution in [0.3, 0.4) is 0 Å². The Kier molecular flexibility index (Phi) is 3.80. The van der Waals surface area contributed by atoms with E-state index >= 15 is 0 Å². The fourth-order valence-electron chi connectivity index (χ4n) is 1.76. The quantitative estimate of drug-likeness (QED) is 0.899. The SMILES string of the molecule is CC(C)(C)n1cc(C(=O)O)c(-c2cccc(Cl)c2Cl)n1. The van der Waals surface area contributed by atoms with Crippen molar-refractivity contribution >= 4 is 29.2 Å². The van der Waals surface area contributed by atoms with Gasteiger partial charge >= 0.3 is 5.97 Å². The van der Waals surface area contributed by atoms with Gasteiger partial charge in [-0.15, -0.1) is 0 Å². The zero-order chi connectivity index (χ0) is 15.1. The van der Waals surface area contributed by atoms with Crippen molar-refractivity contribution in [3.05, 3.63) is 40.0 Å². The summed E-state index contributed by atoms with van der Waals surface area (Å²) in [5.74, 6) is -1.05. The van der Waals surface area contributed by atoms with Gasteiger partial charge in [-0.25, -0.2) is 4.79 Å². The lowest BCUT2D eigenvalue weighted by molar-refractivity contribution is 0.0697. The first-order chi connectivity index (χ1) is 9.21. The number of aromatic carboxylic acids is 1. The van der Waals surface area contributed by atoms with Gasteiger partial charge in [0.05, 0.1) is 15.6 Å². The third kappa shape index (κ3) is 2.67. The Morgan fingerprint density at radius 2 is 1.95 bits per heavy atom. The number of hydrogen-bond donors (Lipinski definition) is 1. The third-order valence-corrected chi connectivity index (χ3v) is 3.66. The summed E-state index contributed by atoms with van der Waals surface area (Å²) in [5, 5.41) is 14.4. The van der Waals surface area contributed by atoms with E-state index in [4.69, 9.17) is 23.2 Å². The summed E-state index contributed by atoms with van der Waals surface area (Å²) < 4.78 is 1.61. The molecule has 1 aromatic carbocycles. The molecule has 0 amide bonds. The molecule has 0 aliphatic carbocycles. The van der Waals surface area contributed by atoms with Gasteiger partial charge in [-0.1, -0.05) is 35.3 Å². The molecule has 2 rings (SSSR count). The van der Waals surface area contributed by atoms with Gasteiger partial charge in [-0.3, -0.25) is 4.68 Å². The first kappa shape index (κ1) is 14.9. The van der Waals surface area contributed by atoms with Crippen LogP contribution >= 0.6 is 23.2 Å². The third-order valence-electron chi connectivity index (χ3n) is 2.84. The van der Waals surface area contributed by atoms with Crippen LogP contribution in [0, 0.1) is 0 Å². The van der Waals surface area contributed by atoms with E-state index in [1.54, 1.807) is 22.9 Å². The van der Waals surface area contributed by atoms with Gasteiger partial charge in [0, 0.05) is 11.8 Å². The number of benzene rings is 1. The van der Waals surface area contributed by atoms with Crippen molar-refractivity contribution in [2.45, 2.75) is 26.3 Å². The van der Waals surface area contributed by atoms with Crippen LogP contribution in [0.5, 0.6) is 0 Å². The molecule has 0 unspecified atom stereocenters. The van der Waals surface area contributed by atoms with Crippen molar-refractivity contribution in [3.8, 4) is 11.3 Å². The lowest BCUT2D eigenvalue weighted by atomic mass is 10.1. The van der Waals surface area contributed by atoms with Crippen LogP contribution in [0.2, 0.25) is 10.0 Å². The minimum atomic E-state index is -1.05. The molecule has 1 N–H and O–H groups in total. The van der Waals surface area contributed by atoms with E-state index < -0.39 is 5.97 Å². The Hall–Kier alpha value is -1.52. The normalized spacial score (nSPS) is 11.7. The fraction of sp³-hybridized carbons (Fsp3) is 0.286. The van der Waals surface area contributed by atoms with Gasteiger partial charge < -0.3 is 5.11 Å². The van der Waals surface area contributed by atoms with Crippen molar-refractivity contribution in [3.63, 3.8) is 0 Å². The summed E-state index contributed by atoms with van der Waals surface area (Å²) in [5.41, 5.74) is 0.608. The Balaban J connectivity index is 2.70. The predicted molar refractivity (Wildman–Crippen MR) is 79.6 cm³/mol. The highest BCUT2D eigenvalue weighted by Gasteiger charge is 2.24. The van der Waals surface area contributed by atoms with E-state index in [9.17, 15) is 9.90 Å². The van der Waals surface area contributed by atoms with Crippen LogP contribution in [-0.4, -0.2) is 20.9 Å². The standard InChI is InChI=1S/C14H14Cl2N2O2/c1-14(2,3)18-7-9(13(19)20)12(17-18)8-5-4-6-10(15)11(8)16/h4-7H,1-3H3,(H,19,20). The van der Waals surface area contributed by atoms with Crippen LogP contribution in [0.1, 0.15) is 31.1 Å². The zero-order valence-corrected chi connectivity index (χ0v) is 12.8. The second-order valence-corrected chi connectivity index (χ2v) is 6.20. The molecule has 0 atom stereocenters. The van der Waals surface area contributed by atoms with Gasteiger partial charge in [0.15, 0.2) is 0 Å². The maximum atomic E-state index is 11.4. The van der Waals surface area contributed by atoms with Crippen molar-refractivity contribution in [1.82, 2.24) is 9.78 Å². The summed E-state index contributed by atoms with van der Waals surface area (Å²) in [4.78, 5) is 11.4. The number of rotatable bonds is 2. The largest absolute Gasteiger partial charge is 0.478 e. The minimum absolute atomic E-state index is 0.101. The topological polar surface area (TPSA) is 55.1 Å². The summed E-state index contributed by atoms with van der Waals surface area (Å²) in [7, 11) is 0. The highest BCUT2D eigenvalue weighted by molar-refractivity contribution is 6.43. The lowest BCUT2D eigenvalue weighted by Gasteiger charge is -2.18. The van der Waals surface area contributed by atoms with E-state index in [0.29, 0.717) is 21.3 Å². The van der Waals surface area contributed by atoms with Crippen molar-refractivity contribution in [2.24, 2.45) is 0 Å². The molecule has 0 saturated heterocycles. The smallest absolute Gasteiger partial charge is 0.339 e. The average molecular weight is 313 g/mol. The molecule has 0 aliphatic heterocycles. The number of halogens is 2. The highest BCUT2D eigenvalue weighted by atomic mass is 35.5. The van der Waals surface area contributed by atoms with Crippen molar-refractivity contribution < 1.29 is 9.90 Å². The Bertz CT molecular complexity index is 672. The van der Waals surface area contributed by atoms with Crippen molar-refractivity contribution in [1.29, 1.82) is 0 Å². The molecular formula is C14H14Cl2N2O2. The Morgan fingerprint density at radius 1 is 1.30 bits per heavy atom. The maximum Gasteiger partial charge on any atom is 0.339 e. The second-order valence-electron chi connectivity index (χ2n) is 5.41. The van der Waals surface area contributed by atoms with E-state index in [1.807, 2.05) is 20.8 Å². The maximum absolute atomic E-state index is 11.4. The van der Waals surface area contributed by atoms with Crippen LogP contribution in [0.25, 0.3) is 11.3 Å². The monoisotopic (exact) mass is 312 g/mol. The molecule has 0 fully saturated rings. The second kappa shape index (κ2) is 5.11. The molecule has 20 heavy (non-hydrogen) atoms. The van der Waals surface area contributed by atoms with E-state index in [1.165, 1.54) is 6.20 Å². The molecule has 0 radical (unpaired) electrons. The molecule has 4 nitrogen and oxygen atoms in total. The molecule has 0 aliphatic rings. The van der Waals surface area contributed by atoms with Gasteiger partial charge in [0.25, 0.3) is 0 Å². The molecule has 6 heteroatoms. The molecule has 106 valence electrons. The lowest BCUT2D eigenvalue weighted by Crippen LogP contribution is -2.22. The molecule has 0 saturated carbocycles. The number of carbonyl (C=O) groups is 1. The van der Waals surface area contributed by atoms with Crippen LogP contribution in [0.4, 0.5) is 0 Å². The van der Waals surface area contributed by atoms with Gasteiger partial charge in [-0.05, 0) is 26.8 Å². The van der Waals surface area contributed by atoms with Crippen LogP contribution in [-0.2, 0) is 5.54 Å². The first-order valence-electron chi connectivity index (χ1n) is 5.99. The Labute approximate surface area is 126 Å². The van der Waals surface area contributed by atoms with E-state index in [-0.39, 0.29) is 11.1 Å². The molecule has 2 aromatic rings. The molecule has 1 heterocycles. The average Bonchev–Trinajstić information content (AvgIpc) is 2.77. The summed E-state index contributed by atoms with van der Waals surface area (Å²) in [6.07, 6.45) is 1.51. The van der Waals surface area contributed by atoms with Crippen LogP contribution < -0.4 is 0 Å².